The topological polar surface area (TPSA) is 52.6 Å². The van der Waals surface area contributed by atoms with Crippen LogP contribution in [0.3, 0.4) is 0 Å². The molecule has 0 heterocycles. The fourth-order valence-corrected chi connectivity index (χ4v) is 1.72. The first-order valence-electron chi connectivity index (χ1n) is 5.38. The highest BCUT2D eigenvalue weighted by atomic mass is 16.6. The summed E-state index contributed by atoms with van der Waals surface area (Å²) in [6, 6.07) is 8.62. The SMILES string of the molecule is CCOC(=O)C(OC)(C(C)=O)c1ccccc1. The van der Waals surface area contributed by atoms with E-state index in [1.54, 1.807) is 37.3 Å². The summed E-state index contributed by atoms with van der Waals surface area (Å²) in [5.74, 6) is -1.08. The van der Waals surface area contributed by atoms with Crippen LogP contribution in [-0.4, -0.2) is 25.5 Å². The second kappa shape index (κ2) is 5.59. The highest BCUT2D eigenvalue weighted by Gasteiger charge is 2.47. The third kappa shape index (κ3) is 2.36. The Balaban J connectivity index is 3.28. The fourth-order valence-electron chi connectivity index (χ4n) is 1.72. The van der Waals surface area contributed by atoms with E-state index in [-0.39, 0.29) is 6.61 Å². The summed E-state index contributed by atoms with van der Waals surface area (Å²) in [4.78, 5) is 23.8. The summed E-state index contributed by atoms with van der Waals surface area (Å²) in [5, 5.41) is 0. The van der Waals surface area contributed by atoms with Gasteiger partial charge in [0.25, 0.3) is 0 Å². The lowest BCUT2D eigenvalue weighted by molar-refractivity contribution is -0.174. The highest BCUT2D eigenvalue weighted by Crippen LogP contribution is 2.28. The first-order valence-corrected chi connectivity index (χ1v) is 5.38. The van der Waals surface area contributed by atoms with Crippen LogP contribution in [0.15, 0.2) is 30.3 Å². The molecule has 0 amide bonds. The van der Waals surface area contributed by atoms with E-state index in [4.69, 9.17) is 9.47 Å². The van der Waals surface area contributed by atoms with E-state index in [1.807, 2.05) is 0 Å². The van der Waals surface area contributed by atoms with Crippen molar-refractivity contribution in [1.82, 2.24) is 0 Å². The second-order valence-electron chi connectivity index (χ2n) is 3.53. The molecule has 17 heavy (non-hydrogen) atoms. The molecule has 0 aliphatic rings. The first kappa shape index (κ1) is 13.4. The van der Waals surface area contributed by atoms with Gasteiger partial charge in [0.1, 0.15) is 0 Å². The Bertz CT molecular complexity index is 399. The number of rotatable bonds is 5. The Morgan fingerprint density at radius 2 is 1.82 bits per heavy atom. The zero-order valence-electron chi connectivity index (χ0n) is 10.2. The predicted octanol–water partition coefficient (Wildman–Crippen LogP) is 1.68. The summed E-state index contributed by atoms with van der Waals surface area (Å²) in [5.41, 5.74) is -1.18. The monoisotopic (exact) mass is 236 g/mol. The van der Waals surface area contributed by atoms with Gasteiger partial charge in [-0.3, -0.25) is 4.79 Å². The van der Waals surface area contributed by atoms with Crippen molar-refractivity contribution in [2.75, 3.05) is 13.7 Å². The third-order valence-corrected chi connectivity index (χ3v) is 2.55. The van der Waals surface area contributed by atoms with Gasteiger partial charge in [-0.25, -0.2) is 4.79 Å². The number of hydrogen-bond donors (Lipinski definition) is 0. The van der Waals surface area contributed by atoms with Gasteiger partial charge in [-0.2, -0.15) is 0 Å². The summed E-state index contributed by atoms with van der Waals surface area (Å²) in [7, 11) is 1.32. The molecule has 1 unspecified atom stereocenters. The Morgan fingerprint density at radius 3 is 2.24 bits per heavy atom. The van der Waals surface area contributed by atoms with E-state index in [0.717, 1.165) is 0 Å². The standard InChI is InChI=1S/C13H16O4/c1-4-17-12(15)13(16-3,10(2)14)11-8-6-5-7-9-11/h5-9H,4H2,1-3H3. The molecule has 0 spiro atoms. The van der Waals surface area contributed by atoms with Crippen molar-refractivity contribution in [3.63, 3.8) is 0 Å². The number of Topliss-reactive ketones (excluding diaryl/α,β-unsaturated/α-hetero) is 1. The Morgan fingerprint density at radius 1 is 1.24 bits per heavy atom. The minimum absolute atomic E-state index is 0.198. The zero-order chi connectivity index (χ0) is 12.9. The average Bonchev–Trinajstić information content (AvgIpc) is 2.32. The summed E-state index contributed by atoms with van der Waals surface area (Å²) in [6.45, 7) is 3.20. The number of carbonyl (C=O) groups excluding carboxylic acids is 2. The Kier molecular flexibility index (Phi) is 4.40. The predicted molar refractivity (Wildman–Crippen MR) is 62.4 cm³/mol. The van der Waals surface area contributed by atoms with E-state index in [1.165, 1.54) is 14.0 Å². The van der Waals surface area contributed by atoms with Gasteiger partial charge >= 0.3 is 5.97 Å². The summed E-state index contributed by atoms with van der Waals surface area (Å²) < 4.78 is 10.1. The molecule has 0 fully saturated rings. The maximum absolute atomic E-state index is 12.0. The van der Waals surface area contributed by atoms with Crippen LogP contribution in [0.25, 0.3) is 0 Å². The normalized spacial score (nSPS) is 13.8. The van der Waals surface area contributed by atoms with Crippen molar-refractivity contribution in [2.45, 2.75) is 19.4 Å². The van der Waals surface area contributed by atoms with Crippen molar-refractivity contribution in [2.24, 2.45) is 0 Å². The molecular weight excluding hydrogens is 220 g/mol. The number of methoxy groups -OCH3 is 1. The van der Waals surface area contributed by atoms with Gasteiger partial charge in [0.05, 0.1) is 6.61 Å². The van der Waals surface area contributed by atoms with Crippen LogP contribution in [-0.2, 0) is 24.7 Å². The number of carbonyl (C=O) groups is 2. The van der Waals surface area contributed by atoms with E-state index >= 15 is 0 Å². The molecule has 0 aromatic heterocycles. The molecule has 1 aromatic carbocycles. The first-order chi connectivity index (χ1) is 8.09. The van der Waals surface area contributed by atoms with Crippen molar-refractivity contribution >= 4 is 11.8 Å². The molecule has 0 N–H and O–H groups in total. The maximum Gasteiger partial charge on any atom is 0.351 e. The van der Waals surface area contributed by atoms with Gasteiger partial charge in [0.15, 0.2) is 5.78 Å². The number of esters is 1. The van der Waals surface area contributed by atoms with Gasteiger partial charge in [0, 0.05) is 12.7 Å². The summed E-state index contributed by atoms with van der Waals surface area (Å²) >= 11 is 0. The van der Waals surface area contributed by atoms with Crippen molar-refractivity contribution in [3.05, 3.63) is 35.9 Å². The number of hydrogen-bond acceptors (Lipinski definition) is 4. The van der Waals surface area contributed by atoms with Gasteiger partial charge < -0.3 is 9.47 Å². The smallest absolute Gasteiger partial charge is 0.351 e. The largest absolute Gasteiger partial charge is 0.463 e. The summed E-state index contributed by atoms with van der Waals surface area (Å²) in [6.07, 6.45) is 0. The minimum atomic E-state index is -1.66. The van der Waals surface area contributed by atoms with E-state index < -0.39 is 17.4 Å². The zero-order valence-corrected chi connectivity index (χ0v) is 10.2. The molecule has 1 atom stereocenters. The van der Waals surface area contributed by atoms with E-state index in [0.29, 0.717) is 5.56 Å². The quantitative estimate of drug-likeness (QED) is 0.576. The number of ether oxygens (including phenoxy) is 2. The van der Waals surface area contributed by atoms with Gasteiger partial charge in [-0.05, 0) is 13.8 Å². The highest BCUT2D eigenvalue weighted by molar-refractivity contribution is 6.07. The van der Waals surface area contributed by atoms with Crippen LogP contribution in [0.1, 0.15) is 19.4 Å². The average molecular weight is 236 g/mol. The molecule has 4 nitrogen and oxygen atoms in total. The molecule has 0 aliphatic carbocycles. The molecule has 0 aliphatic heterocycles. The minimum Gasteiger partial charge on any atom is -0.463 e. The Hall–Kier alpha value is -1.68. The van der Waals surface area contributed by atoms with Crippen LogP contribution < -0.4 is 0 Å². The van der Waals surface area contributed by atoms with Crippen molar-refractivity contribution < 1.29 is 19.1 Å². The molecule has 0 bridgehead atoms. The van der Waals surface area contributed by atoms with Gasteiger partial charge in [0.2, 0.25) is 5.60 Å². The van der Waals surface area contributed by atoms with Gasteiger partial charge in [-0.15, -0.1) is 0 Å². The second-order valence-corrected chi connectivity index (χ2v) is 3.53. The lowest BCUT2D eigenvalue weighted by Crippen LogP contribution is -2.45. The molecule has 92 valence electrons. The van der Waals surface area contributed by atoms with Crippen LogP contribution in [0.4, 0.5) is 0 Å². The van der Waals surface area contributed by atoms with Gasteiger partial charge in [-0.1, -0.05) is 30.3 Å². The van der Waals surface area contributed by atoms with Crippen LogP contribution in [0.2, 0.25) is 0 Å². The molecule has 1 rings (SSSR count). The fraction of sp³-hybridized carbons (Fsp3) is 0.385. The molecular formula is C13H16O4. The molecule has 0 radical (unpaired) electrons. The van der Waals surface area contributed by atoms with Crippen LogP contribution >= 0.6 is 0 Å². The number of ketones is 1. The molecule has 0 saturated heterocycles. The van der Waals surface area contributed by atoms with Crippen molar-refractivity contribution in [1.29, 1.82) is 0 Å². The third-order valence-electron chi connectivity index (χ3n) is 2.55. The van der Waals surface area contributed by atoms with Crippen LogP contribution in [0.5, 0.6) is 0 Å². The van der Waals surface area contributed by atoms with Crippen LogP contribution in [0, 0.1) is 0 Å². The Labute approximate surface area is 101 Å². The number of benzene rings is 1. The molecule has 4 heteroatoms. The molecule has 0 saturated carbocycles. The molecule has 1 aromatic rings. The maximum atomic E-state index is 12.0. The lowest BCUT2D eigenvalue weighted by atomic mass is 9.90. The van der Waals surface area contributed by atoms with E-state index in [9.17, 15) is 9.59 Å². The van der Waals surface area contributed by atoms with Crippen molar-refractivity contribution in [3.8, 4) is 0 Å². The lowest BCUT2D eigenvalue weighted by Gasteiger charge is -2.27. The van der Waals surface area contributed by atoms with E-state index in [2.05, 4.69) is 0 Å².